The molecule has 1 N–H and O–H groups in total. The van der Waals surface area contributed by atoms with Gasteiger partial charge in [-0.1, -0.05) is 6.92 Å². The number of alkyl halides is 3. The molecule has 2 aromatic carbocycles. The number of rotatable bonds is 10. The van der Waals surface area contributed by atoms with E-state index in [1.54, 1.807) is 12.1 Å². The molecule has 1 aliphatic heterocycles. The van der Waals surface area contributed by atoms with Gasteiger partial charge in [0, 0.05) is 19.2 Å². The number of nitrogens with zero attached hydrogens (tertiary/aromatic N) is 5. The van der Waals surface area contributed by atoms with Crippen molar-refractivity contribution in [1.29, 1.82) is 0 Å². The van der Waals surface area contributed by atoms with E-state index in [-0.39, 0.29) is 29.7 Å². The molecule has 0 bridgehead atoms. The Hall–Kier alpha value is -4.65. The monoisotopic (exact) mass is 596 g/mol. The van der Waals surface area contributed by atoms with Crippen LogP contribution in [-0.2, 0) is 12.6 Å². The molecule has 0 radical (unpaired) electrons. The summed E-state index contributed by atoms with van der Waals surface area (Å²) in [6.45, 7) is 4.54. The first kappa shape index (κ1) is 29.8. The lowest BCUT2D eigenvalue weighted by Crippen LogP contribution is -2.25. The first-order valence-electron chi connectivity index (χ1n) is 13.7. The fourth-order valence-electron chi connectivity index (χ4n) is 4.54. The highest BCUT2D eigenvalue weighted by atomic mass is 19.4. The van der Waals surface area contributed by atoms with Crippen molar-refractivity contribution in [3.8, 4) is 28.8 Å². The van der Waals surface area contributed by atoms with Gasteiger partial charge in [0.15, 0.2) is 5.82 Å². The Morgan fingerprint density at radius 1 is 1.05 bits per heavy atom. The standard InChI is InChI=1S/C30H28F4N6O3/c1-2-26-36-18-37-27(39-26)21-6-5-11-35-29(21)43-20-8-9-23(31)22(17-20)28(41)38-24-16-19(30(32,33)34)7-10-25(24)42-15-14-40-12-3-4-13-40/h5-11,16-18H,2-4,12-15H2,1H3,(H,38,41). The molecule has 3 heterocycles. The Bertz CT molecular complexity index is 1590. The normalized spacial score (nSPS) is 13.6. The summed E-state index contributed by atoms with van der Waals surface area (Å²) in [6.07, 6.45) is 0.930. The van der Waals surface area contributed by atoms with E-state index in [1.807, 2.05) is 6.92 Å². The van der Waals surface area contributed by atoms with Crippen LogP contribution in [0.3, 0.4) is 0 Å². The molecule has 13 heteroatoms. The van der Waals surface area contributed by atoms with Gasteiger partial charge in [0.1, 0.15) is 36.1 Å². The maximum absolute atomic E-state index is 14.9. The van der Waals surface area contributed by atoms with Crippen LogP contribution in [0.5, 0.6) is 17.4 Å². The van der Waals surface area contributed by atoms with E-state index < -0.39 is 29.0 Å². The minimum atomic E-state index is -4.66. The SMILES string of the molecule is CCc1ncnc(-c2cccnc2Oc2ccc(F)c(C(=O)Nc3cc(C(F)(F)F)ccc3OCCN3CCCC3)c2)n1. The third-order valence-corrected chi connectivity index (χ3v) is 6.77. The highest BCUT2D eigenvalue weighted by molar-refractivity contribution is 6.05. The molecule has 224 valence electrons. The largest absolute Gasteiger partial charge is 0.490 e. The number of carbonyl (C=O) groups is 1. The summed E-state index contributed by atoms with van der Waals surface area (Å²) in [6, 6.07) is 9.59. The van der Waals surface area contributed by atoms with Crippen LogP contribution in [0, 0.1) is 5.82 Å². The lowest BCUT2D eigenvalue weighted by molar-refractivity contribution is -0.137. The van der Waals surface area contributed by atoms with Crippen LogP contribution in [-0.4, -0.2) is 57.0 Å². The zero-order valence-electron chi connectivity index (χ0n) is 23.2. The van der Waals surface area contributed by atoms with Gasteiger partial charge in [-0.05, 0) is 74.5 Å². The van der Waals surface area contributed by atoms with Crippen LogP contribution in [0.4, 0.5) is 23.2 Å². The number of halogens is 4. The molecular weight excluding hydrogens is 568 g/mol. The molecule has 5 rings (SSSR count). The topological polar surface area (TPSA) is 102 Å². The van der Waals surface area contributed by atoms with E-state index in [2.05, 4.69) is 30.2 Å². The van der Waals surface area contributed by atoms with Crippen molar-refractivity contribution in [2.24, 2.45) is 0 Å². The van der Waals surface area contributed by atoms with Crippen molar-refractivity contribution >= 4 is 11.6 Å². The predicted octanol–water partition coefficient (Wildman–Crippen LogP) is 6.17. The maximum Gasteiger partial charge on any atom is 0.416 e. The summed E-state index contributed by atoms with van der Waals surface area (Å²) in [7, 11) is 0. The Labute approximate surface area is 244 Å². The van der Waals surface area contributed by atoms with Crippen molar-refractivity contribution in [1.82, 2.24) is 24.8 Å². The van der Waals surface area contributed by atoms with E-state index >= 15 is 0 Å². The first-order chi connectivity index (χ1) is 20.7. The van der Waals surface area contributed by atoms with Gasteiger partial charge in [0.2, 0.25) is 5.88 Å². The second-order valence-electron chi connectivity index (χ2n) is 9.74. The van der Waals surface area contributed by atoms with E-state index in [4.69, 9.17) is 9.47 Å². The number of hydrogen-bond donors (Lipinski definition) is 1. The molecule has 4 aromatic rings. The quantitative estimate of drug-likeness (QED) is 0.217. The second-order valence-corrected chi connectivity index (χ2v) is 9.74. The smallest absolute Gasteiger partial charge is 0.416 e. The predicted molar refractivity (Wildman–Crippen MR) is 149 cm³/mol. The van der Waals surface area contributed by atoms with Gasteiger partial charge in [0.25, 0.3) is 5.91 Å². The number of carbonyl (C=O) groups excluding carboxylic acids is 1. The van der Waals surface area contributed by atoms with E-state index in [1.165, 1.54) is 18.6 Å². The van der Waals surface area contributed by atoms with E-state index in [0.717, 1.165) is 56.3 Å². The Balaban J connectivity index is 1.38. The van der Waals surface area contributed by atoms with Crippen molar-refractivity contribution in [3.05, 3.63) is 83.8 Å². The number of aryl methyl sites for hydroxylation is 1. The number of amides is 1. The van der Waals surface area contributed by atoms with Gasteiger partial charge in [-0.2, -0.15) is 13.2 Å². The highest BCUT2D eigenvalue weighted by Gasteiger charge is 2.31. The average Bonchev–Trinajstić information content (AvgIpc) is 3.52. The molecule has 0 spiro atoms. The zero-order chi connectivity index (χ0) is 30.4. The van der Waals surface area contributed by atoms with Gasteiger partial charge in [-0.3, -0.25) is 9.69 Å². The molecular formula is C30H28F4N6O3. The van der Waals surface area contributed by atoms with Gasteiger partial charge in [0.05, 0.1) is 22.4 Å². The third-order valence-electron chi connectivity index (χ3n) is 6.77. The number of anilines is 1. The number of nitrogens with one attached hydrogen (secondary N) is 1. The lowest BCUT2D eigenvalue weighted by Gasteiger charge is -2.18. The molecule has 0 unspecified atom stereocenters. The van der Waals surface area contributed by atoms with Gasteiger partial charge < -0.3 is 14.8 Å². The molecule has 0 aliphatic carbocycles. The summed E-state index contributed by atoms with van der Waals surface area (Å²) >= 11 is 0. The Morgan fingerprint density at radius 2 is 1.86 bits per heavy atom. The van der Waals surface area contributed by atoms with Crippen molar-refractivity contribution in [2.45, 2.75) is 32.4 Å². The number of hydrogen-bond acceptors (Lipinski definition) is 8. The molecule has 1 aliphatic rings. The van der Waals surface area contributed by atoms with Crippen LogP contribution < -0.4 is 14.8 Å². The van der Waals surface area contributed by atoms with Gasteiger partial charge in [-0.15, -0.1) is 0 Å². The number of benzene rings is 2. The van der Waals surface area contributed by atoms with E-state index in [0.29, 0.717) is 30.2 Å². The number of ether oxygens (including phenoxy) is 2. The van der Waals surface area contributed by atoms with Gasteiger partial charge in [-0.25, -0.2) is 24.3 Å². The van der Waals surface area contributed by atoms with Crippen LogP contribution >= 0.6 is 0 Å². The molecule has 1 amide bonds. The van der Waals surface area contributed by atoms with Crippen LogP contribution in [0.2, 0.25) is 0 Å². The second kappa shape index (κ2) is 13.1. The van der Waals surface area contributed by atoms with Crippen LogP contribution in [0.15, 0.2) is 61.1 Å². The zero-order valence-corrected chi connectivity index (χ0v) is 23.2. The fourth-order valence-corrected chi connectivity index (χ4v) is 4.54. The Kier molecular flexibility index (Phi) is 9.10. The highest BCUT2D eigenvalue weighted by Crippen LogP contribution is 2.36. The first-order valence-corrected chi connectivity index (χ1v) is 13.7. The number of likely N-dealkylation sites (tertiary alicyclic amines) is 1. The fraction of sp³-hybridized carbons (Fsp3) is 0.300. The van der Waals surface area contributed by atoms with Crippen molar-refractivity contribution < 1.29 is 31.8 Å². The third kappa shape index (κ3) is 7.41. The molecule has 1 fully saturated rings. The van der Waals surface area contributed by atoms with Crippen LogP contribution in [0.25, 0.3) is 11.4 Å². The molecule has 2 aromatic heterocycles. The summed E-state index contributed by atoms with van der Waals surface area (Å²) < 4.78 is 66.9. The summed E-state index contributed by atoms with van der Waals surface area (Å²) in [5, 5.41) is 2.38. The van der Waals surface area contributed by atoms with Crippen molar-refractivity contribution in [2.75, 3.05) is 31.6 Å². The molecule has 0 atom stereocenters. The number of aromatic nitrogens is 4. The Morgan fingerprint density at radius 3 is 2.63 bits per heavy atom. The minimum Gasteiger partial charge on any atom is -0.490 e. The molecule has 1 saturated heterocycles. The lowest BCUT2D eigenvalue weighted by atomic mass is 10.1. The van der Waals surface area contributed by atoms with Gasteiger partial charge >= 0.3 is 6.18 Å². The number of pyridine rings is 1. The van der Waals surface area contributed by atoms with E-state index in [9.17, 15) is 22.4 Å². The summed E-state index contributed by atoms with van der Waals surface area (Å²) in [5.74, 6) is -0.818. The summed E-state index contributed by atoms with van der Waals surface area (Å²) in [4.78, 5) is 32.3. The molecule has 43 heavy (non-hydrogen) atoms. The maximum atomic E-state index is 14.9. The molecule has 9 nitrogen and oxygen atoms in total. The molecule has 0 saturated carbocycles. The minimum absolute atomic E-state index is 0.0373. The summed E-state index contributed by atoms with van der Waals surface area (Å²) in [5.41, 5.74) is -1.24. The van der Waals surface area contributed by atoms with Crippen LogP contribution in [0.1, 0.15) is 41.5 Å². The van der Waals surface area contributed by atoms with Crippen molar-refractivity contribution in [3.63, 3.8) is 0 Å². The average molecular weight is 597 g/mol.